The van der Waals surface area contributed by atoms with E-state index < -0.39 is 5.97 Å². The van der Waals surface area contributed by atoms with Gasteiger partial charge in [-0.05, 0) is 25.0 Å². The maximum atomic E-state index is 10.8. The van der Waals surface area contributed by atoms with Crippen LogP contribution >= 0.6 is 0 Å². The first-order valence-electron chi connectivity index (χ1n) is 4.89. The van der Waals surface area contributed by atoms with Gasteiger partial charge in [0, 0.05) is 11.6 Å². The highest BCUT2D eigenvalue weighted by molar-refractivity contribution is 5.70. The van der Waals surface area contributed by atoms with Gasteiger partial charge in [0.25, 0.3) is 0 Å². The molecule has 1 heterocycles. The zero-order chi connectivity index (χ0) is 10.9. The number of carboxylic acid groups (broad SMARTS) is 1. The maximum Gasteiger partial charge on any atom is 0.304 e. The Balaban J connectivity index is 2.32. The molecule has 0 unspecified atom stereocenters. The Morgan fingerprint density at radius 3 is 2.93 bits per heavy atom. The number of methoxy groups -OCH3 is 1. The van der Waals surface area contributed by atoms with Crippen molar-refractivity contribution in [1.82, 2.24) is 4.98 Å². The number of carboxylic acids is 1. The smallest absolute Gasteiger partial charge is 0.304 e. The van der Waals surface area contributed by atoms with Gasteiger partial charge in [0.15, 0.2) is 0 Å². The van der Waals surface area contributed by atoms with E-state index in [9.17, 15) is 4.79 Å². The van der Waals surface area contributed by atoms with Crippen molar-refractivity contribution in [2.24, 2.45) is 0 Å². The first-order chi connectivity index (χ1) is 7.18. The van der Waals surface area contributed by atoms with Crippen LogP contribution in [0.2, 0.25) is 0 Å². The minimum atomic E-state index is -0.778. The quantitative estimate of drug-likeness (QED) is 0.814. The topological polar surface area (TPSA) is 59.4 Å². The summed E-state index contributed by atoms with van der Waals surface area (Å²) in [5, 5.41) is 8.85. The van der Waals surface area contributed by atoms with E-state index in [2.05, 4.69) is 4.98 Å². The van der Waals surface area contributed by atoms with E-state index in [1.54, 1.807) is 19.4 Å². The number of ether oxygens (including phenoxy) is 1. The lowest BCUT2D eigenvalue weighted by molar-refractivity contribution is -0.137. The van der Waals surface area contributed by atoms with Crippen LogP contribution in [0, 0.1) is 0 Å². The fourth-order valence-corrected chi connectivity index (χ4v) is 1.89. The summed E-state index contributed by atoms with van der Waals surface area (Å²) in [6.45, 7) is 0. The molecule has 1 fully saturated rings. The van der Waals surface area contributed by atoms with Crippen molar-refractivity contribution < 1.29 is 14.6 Å². The Labute approximate surface area is 87.9 Å². The first-order valence-corrected chi connectivity index (χ1v) is 4.89. The van der Waals surface area contributed by atoms with E-state index in [0.717, 1.165) is 18.5 Å². The normalized spacial score (nSPS) is 17.1. The predicted molar refractivity (Wildman–Crippen MR) is 54.0 cm³/mol. The summed E-state index contributed by atoms with van der Waals surface area (Å²) in [6.07, 6.45) is 3.58. The standard InChI is InChI=1S/C11H13NO3/c1-15-8-3-2-6-12-10(8)11(4-5-11)7-9(13)14/h2-3,6H,4-5,7H2,1H3,(H,13,14). The van der Waals surface area contributed by atoms with E-state index in [0.29, 0.717) is 5.75 Å². The largest absolute Gasteiger partial charge is 0.495 e. The molecule has 0 bridgehead atoms. The van der Waals surface area contributed by atoms with Gasteiger partial charge in [-0.3, -0.25) is 9.78 Å². The van der Waals surface area contributed by atoms with Crippen molar-refractivity contribution >= 4 is 5.97 Å². The van der Waals surface area contributed by atoms with Gasteiger partial charge in [0.2, 0.25) is 0 Å². The molecule has 4 heteroatoms. The Bertz CT molecular complexity index is 385. The molecule has 0 aromatic carbocycles. The van der Waals surface area contributed by atoms with E-state index in [4.69, 9.17) is 9.84 Å². The second kappa shape index (κ2) is 3.53. The Morgan fingerprint density at radius 2 is 2.40 bits per heavy atom. The molecule has 1 N–H and O–H groups in total. The molecule has 80 valence electrons. The summed E-state index contributed by atoms with van der Waals surface area (Å²) < 4.78 is 5.20. The Kier molecular flexibility index (Phi) is 2.34. The van der Waals surface area contributed by atoms with Gasteiger partial charge in [0.1, 0.15) is 5.75 Å². The van der Waals surface area contributed by atoms with E-state index in [-0.39, 0.29) is 11.8 Å². The maximum absolute atomic E-state index is 10.8. The highest BCUT2D eigenvalue weighted by Crippen LogP contribution is 2.52. The lowest BCUT2D eigenvalue weighted by Gasteiger charge is -2.14. The minimum absolute atomic E-state index is 0.139. The average Bonchev–Trinajstić information content (AvgIpc) is 2.98. The second-order valence-corrected chi connectivity index (χ2v) is 3.91. The van der Waals surface area contributed by atoms with Crippen LogP contribution in [0.25, 0.3) is 0 Å². The van der Waals surface area contributed by atoms with Crippen molar-refractivity contribution in [2.75, 3.05) is 7.11 Å². The number of hydrogen-bond donors (Lipinski definition) is 1. The molecular weight excluding hydrogens is 194 g/mol. The zero-order valence-corrected chi connectivity index (χ0v) is 8.56. The summed E-state index contributed by atoms with van der Waals surface area (Å²) in [5.41, 5.74) is 0.508. The minimum Gasteiger partial charge on any atom is -0.495 e. The summed E-state index contributed by atoms with van der Waals surface area (Å²) >= 11 is 0. The molecule has 0 atom stereocenters. The molecular formula is C11H13NO3. The molecule has 1 aromatic rings. The third kappa shape index (κ3) is 1.79. The SMILES string of the molecule is COc1cccnc1C1(CC(=O)O)CC1. The first kappa shape index (κ1) is 9.96. The van der Waals surface area contributed by atoms with Crippen molar-refractivity contribution in [2.45, 2.75) is 24.7 Å². The summed E-state index contributed by atoms with van der Waals surface area (Å²) in [7, 11) is 1.58. The van der Waals surface area contributed by atoms with Crippen LogP contribution < -0.4 is 4.74 Å². The zero-order valence-electron chi connectivity index (χ0n) is 8.56. The van der Waals surface area contributed by atoms with Crippen LogP contribution in [0.5, 0.6) is 5.75 Å². The molecule has 2 rings (SSSR count). The number of aromatic nitrogens is 1. The van der Waals surface area contributed by atoms with Crippen LogP contribution in [0.15, 0.2) is 18.3 Å². The van der Waals surface area contributed by atoms with Gasteiger partial charge in [-0.2, -0.15) is 0 Å². The van der Waals surface area contributed by atoms with Crippen LogP contribution in [-0.2, 0) is 10.2 Å². The van der Waals surface area contributed by atoms with Crippen LogP contribution in [0.4, 0.5) is 0 Å². The van der Waals surface area contributed by atoms with Crippen molar-refractivity contribution in [3.8, 4) is 5.75 Å². The third-order valence-corrected chi connectivity index (χ3v) is 2.84. The summed E-state index contributed by atoms with van der Waals surface area (Å²) in [4.78, 5) is 15.0. The van der Waals surface area contributed by atoms with Crippen molar-refractivity contribution in [1.29, 1.82) is 0 Å². The number of carbonyl (C=O) groups is 1. The second-order valence-electron chi connectivity index (χ2n) is 3.91. The van der Waals surface area contributed by atoms with Gasteiger partial charge in [-0.1, -0.05) is 0 Å². The van der Waals surface area contributed by atoms with Crippen LogP contribution in [0.3, 0.4) is 0 Å². The van der Waals surface area contributed by atoms with E-state index in [1.165, 1.54) is 0 Å². The highest BCUT2D eigenvalue weighted by atomic mass is 16.5. The van der Waals surface area contributed by atoms with E-state index >= 15 is 0 Å². The fourth-order valence-electron chi connectivity index (χ4n) is 1.89. The number of nitrogens with zero attached hydrogens (tertiary/aromatic N) is 1. The Hall–Kier alpha value is -1.58. The lowest BCUT2D eigenvalue weighted by atomic mass is 9.97. The van der Waals surface area contributed by atoms with Gasteiger partial charge in [-0.25, -0.2) is 0 Å². The molecule has 0 amide bonds. The van der Waals surface area contributed by atoms with Gasteiger partial charge < -0.3 is 9.84 Å². The van der Waals surface area contributed by atoms with Crippen LogP contribution in [0.1, 0.15) is 25.0 Å². The molecule has 0 radical (unpaired) electrons. The lowest BCUT2D eigenvalue weighted by Crippen LogP contribution is -2.15. The molecule has 4 nitrogen and oxygen atoms in total. The van der Waals surface area contributed by atoms with E-state index in [1.807, 2.05) is 6.07 Å². The molecule has 1 aromatic heterocycles. The monoisotopic (exact) mass is 207 g/mol. The summed E-state index contributed by atoms with van der Waals surface area (Å²) in [5.74, 6) is -0.0866. The average molecular weight is 207 g/mol. The predicted octanol–water partition coefficient (Wildman–Crippen LogP) is 1.60. The molecule has 0 saturated heterocycles. The number of pyridine rings is 1. The summed E-state index contributed by atoms with van der Waals surface area (Å²) in [6, 6.07) is 3.61. The molecule has 15 heavy (non-hydrogen) atoms. The molecule has 1 aliphatic rings. The van der Waals surface area contributed by atoms with Crippen molar-refractivity contribution in [3.05, 3.63) is 24.0 Å². The number of hydrogen-bond acceptors (Lipinski definition) is 3. The number of rotatable bonds is 4. The van der Waals surface area contributed by atoms with Gasteiger partial charge >= 0.3 is 5.97 Å². The van der Waals surface area contributed by atoms with Gasteiger partial charge in [-0.15, -0.1) is 0 Å². The van der Waals surface area contributed by atoms with Crippen molar-refractivity contribution in [3.63, 3.8) is 0 Å². The Morgan fingerprint density at radius 1 is 1.67 bits per heavy atom. The third-order valence-electron chi connectivity index (χ3n) is 2.84. The number of aliphatic carboxylic acids is 1. The molecule has 1 saturated carbocycles. The molecule has 0 spiro atoms. The molecule has 1 aliphatic carbocycles. The van der Waals surface area contributed by atoms with Crippen LogP contribution in [-0.4, -0.2) is 23.2 Å². The highest BCUT2D eigenvalue weighted by Gasteiger charge is 2.49. The fraction of sp³-hybridized carbons (Fsp3) is 0.455. The van der Waals surface area contributed by atoms with Gasteiger partial charge in [0.05, 0.1) is 19.2 Å². The molecule has 0 aliphatic heterocycles.